The second-order valence-electron chi connectivity index (χ2n) is 8.59. The summed E-state index contributed by atoms with van der Waals surface area (Å²) in [6.45, 7) is 9.95. The zero-order chi connectivity index (χ0) is 21.5. The predicted octanol–water partition coefficient (Wildman–Crippen LogP) is 5.81. The molecule has 1 aliphatic heterocycles. The number of benzene rings is 1. The highest BCUT2D eigenvalue weighted by Gasteiger charge is 2.24. The van der Waals surface area contributed by atoms with Crippen molar-refractivity contribution in [2.45, 2.75) is 52.5 Å². The van der Waals surface area contributed by atoms with Crippen molar-refractivity contribution in [1.82, 2.24) is 14.7 Å². The lowest BCUT2D eigenvalue weighted by Gasteiger charge is -2.34. The first kappa shape index (κ1) is 22.6. The van der Waals surface area contributed by atoms with Crippen LogP contribution < -0.4 is 5.32 Å². The van der Waals surface area contributed by atoms with Crippen LogP contribution in [0.3, 0.4) is 0 Å². The summed E-state index contributed by atoms with van der Waals surface area (Å²) in [4.78, 5) is 15.2. The summed E-state index contributed by atoms with van der Waals surface area (Å²) in [5.74, 6) is 1.23. The Morgan fingerprint density at radius 1 is 1.27 bits per heavy atom. The first-order chi connectivity index (χ1) is 14.4. The number of hydrogen-bond donors (Lipinski definition) is 1. The SMILES string of the molecule is CC(C)=CCCC(C)CN1CCC(n2nccc2NC(=O)c2ccccc2Cl)CC1. The van der Waals surface area contributed by atoms with Crippen LogP contribution in [0.4, 0.5) is 5.82 Å². The van der Waals surface area contributed by atoms with Gasteiger partial charge in [-0.1, -0.05) is 42.3 Å². The lowest BCUT2D eigenvalue weighted by atomic mass is 10.0. The van der Waals surface area contributed by atoms with Gasteiger partial charge in [0.05, 0.1) is 22.8 Å². The largest absolute Gasteiger partial charge is 0.307 e. The molecule has 1 N–H and O–H groups in total. The van der Waals surface area contributed by atoms with E-state index in [9.17, 15) is 4.79 Å². The molecular weight excluding hydrogens is 396 g/mol. The van der Waals surface area contributed by atoms with Crippen molar-refractivity contribution in [3.05, 3.63) is 58.8 Å². The normalized spacial score (nSPS) is 16.3. The molecule has 1 aromatic carbocycles. The van der Waals surface area contributed by atoms with Gasteiger partial charge in [-0.15, -0.1) is 0 Å². The lowest BCUT2D eigenvalue weighted by Crippen LogP contribution is -2.37. The van der Waals surface area contributed by atoms with Gasteiger partial charge < -0.3 is 10.2 Å². The molecule has 2 aromatic rings. The number of rotatable bonds is 8. The van der Waals surface area contributed by atoms with Crippen molar-refractivity contribution in [2.24, 2.45) is 5.92 Å². The number of anilines is 1. The number of amides is 1. The Kier molecular flexibility index (Phi) is 8.11. The molecule has 1 amide bonds. The summed E-state index contributed by atoms with van der Waals surface area (Å²) in [6.07, 6.45) is 8.57. The summed E-state index contributed by atoms with van der Waals surface area (Å²) >= 11 is 6.16. The molecule has 1 saturated heterocycles. The molecule has 1 atom stereocenters. The Bertz CT molecular complexity index is 864. The Morgan fingerprint density at radius 2 is 2.00 bits per heavy atom. The molecular formula is C24H33ClN4O. The van der Waals surface area contributed by atoms with Crippen molar-refractivity contribution in [3.63, 3.8) is 0 Å². The van der Waals surface area contributed by atoms with Gasteiger partial charge in [-0.2, -0.15) is 5.10 Å². The lowest BCUT2D eigenvalue weighted by molar-refractivity contribution is 0.102. The fraction of sp³-hybridized carbons (Fsp3) is 0.500. The summed E-state index contributed by atoms with van der Waals surface area (Å²) in [7, 11) is 0. The van der Waals surface area contributed by atoms with E-state index in [1.165, 1.54) is 18.4 Å². The molecule has 0 saturated carbocycles. The van der Waals surface area contributed by atoms with Crippen LogP contribution in [0.1, 0.15) is 62.9 Å². The van der Waals surface area contributed by atoms with Gasteiger partial charge in [-0.05, 0) is 57.6 Å². The molecule has 0 radical (unpaired) electrons. The average molecular weight is 429 g/mol. The minimum atomic E-state index is -0.204. The number of piperidine rings is 1. The fourth-order valence-corrected chi connectivity index (χ4v) is 4.29. The van der Waals surface area contributed by atoms with E-state index in [4.69, 9.17) is 11.6 Å². The standard InChI is InChI=1S/C24H33ClN4O/c1-18(2)7-6-8-19(3)17-28-15-12-20(13-16-28)29-23(11-14-26-29)27-24(30)21-9-4-5-10-22(21)25/h4-5,7,9-11,14,19-20H,6,8,12-13,15-17H2,1-3H3,(H,27,30). The van der Waals surface area contributed by atoms with Crippen LogP contribution >= 0.6 is 11.6 Å². The van der Waals surface area contributed by atoms with Crippen molar-refractivity contribution in [2.75, 3.05) is 25.0 Å². The number of likely N-dealkylation sites (tertiary alicyclic amines) is 1. The number of halogens is 1. The topological polar surface area (TPSA) is 50.2 Å². The van der Waals surface area contributed by atoms with Gasteiger partial charge in [0.15, 0.2) is 0 Å². The molecule has 162 valence electrons. The van der Waals surface area contributed by atoms with Gasteiger partial charge in [-0.25, -0.2) is 4.68 Å². The first-order valence-corrected chi connectivity index (χ1v) is 11.3. The fourth-order valence-electron chi connectivity index (χ4n) is 4.07. The Hall–Kier alpha value is -2.11. The number of aromatic nitrogens is 2. The number of carbonyl (C=O) groups is 1. The summed E-state index contributed by atoms with van der Waals surface area (Å²) in [5, 5.41) is 7.93. The van der Waals surface area contributed by atoms with E-state index < -0.39 is 0 Å². The van der Waals surface area contributed by atoms with E-state index in [-0.39, 0.29) is 5.91 Å². The molecule has 0 aliphatic carbocycles. The van der Waals surface area contributed by atoms with Gasteiger partial charge in [0.25, 0.3) is 5.91 Å². The summed E-state index contributed by atoms with van der Waals surface area (Å²) in [6, 6.07) is 9.25. The van der Waals surface area contributed by atoms with E-state index in [1.54, 1.807) is 18.3 Å². The summed E-state index contributed by atoms with van der Waals surface area (Å²) in [5.41, 5.74) is 1.88. The maximum absolute atomic E-state index is 12.6. The van der Waals surface area contributed by atoms with Crippen molar-refractivity contribution >= 4 is 23.3 Å². The van der Waals surface area contributed by atoms with E-state index in [1.807, 2.05) is 22.9 Å². The van der Waals surface area contributed by atoms with Crippen LogP contribution in [-0.4, -0.2) is 40.2 Å². The molecule has 2 heterocycles. The van der Waals surface area contributed by atoms with Gasteiger partial charge in [0.1, 0.15) is 5.82 Å². The van der Waals surface area contributed by atoms with E-state index in [0.717, 1.165) is 38.3 Å². The highest BCUT2D eigenvalue weighted by Crippen LogP contribution is 2.27. The van der Waals surface area contributed by atoms with Crippen molar-refractivity contribution < 1.29 is 4.79 Å². The predicted molar refractivity (Wildman–Crippen MR) is 124 cm³/mol. The highest BCUT2D eigenvalue weighted by molar-refractivity contribution is 6.34. The smallest absolute Gasteiger partial charge is 0.258 e. The molecule has 1 aromatic heterocycles. The Morgan fingerprint density at radius 3 is 2.70 bits per heavy atom. The molecule has 5 nitrogen and oxygen atoms in total. The number of nitrogens with one attached hydrogen (secondary N) is 1. The maximum atomic E-state index is 12.6. The number of carbonyl (C=O) groups excluding carboxylic acids is 1. The van der Waals surface area contributed by atoms with E-state index >= 15 is 0 Å². The molecule has 30 heavy (non-hydrogen) atoms. The number of nitrogens with zero attached hydrogens (tertiary/aromatic N) is 3. The average Bonchev–Trinajstić information content (AvgIpc) is 3.16. The quantitative estimate of drug-likeness (QED) is 0.540. The Labute approximate surface area is 185 Å². The number of hydrogen-bond acceptors (Lipinski definition) is 3. The minimum absolute atomic E-state index is 0.204. The van der Waals surface area contributed by atoms with Crippen LogP contribution in [0, 0.1) is 5.92 Å². The van der Waals surface area contributed by atoms with Crippen LogP contribution in [0.15, 0.2) is 48.2 Å². The van der Waals surface area contributed by atoms with Crippen LogP contribution in [0.5, 0.6) is 0 Å². The van der Waals surface area contributed by atoms with Crippen LogP contribution in [0.25, 0.3) is 0 Å². The van der Waals surface area contributed by atoms with Crippen molar-refractivity contribution in [3.8, 4) is 0 Å². The molecule has 0 spiro atoms. The molecule has 1 unspecified atom stereocenters. The third-order valence-electron chi connectivity index (χ3n) is 5.72. The van der Waals surface area contributed by atoms with Gasteiger partial charge >= 0.3 is 0 Å². The number of allylic oxidation sites excluding steroid dienone is 2. The zero-order valence-corrected chi connectivity index (χ0v) is 19.0. The first-order valence-electron chi connectivity index (χ1n) is 10.9. The van der Waals surface area contributed by atoms with Crippen LogP contribution in [0.2, 0.25) is 5.02 Å². The third-order valence-corrected chi connectivity index (χ3v) is 6.04. The van der Waals surface area contributed by atoms with E-state index in [2.05, 4.69) is 42.2 Å². The Balaban J connectivity index is 1.52. The molecule has 1 fully saturated rings. The molecule has 3 rings (SSSR count). The molecule has 1 aliphatic rings. The summed E-state index contributed by atoms with van der Waals surface area (Å²) < 4.78 is 1.96. The second-order valence-corrected chi connectivity index (χ2v) is 9.00. The molecule has 6 heteroatoms. The molecule has 0 bridgehead atoms. The highest BCUT2D eigenvalue weighted by atomic mass is 35.5. The zero-order valence-electron chi connectivity index (χ0n) is 18.3. The third kappa shape index (κ3) is 6.19. The van der Waals surface area contributed by atoms with Gasteiger partial charge in [-0.3, -0.25) is 4.79 Å². The monoisotopic (exact) mass is 428 g/mol. The maximum Gasteiger partial charge on any atom is 0.258 e. The minimum Gasteiger partial charge on any atom is -0.307 e. The second kappa shape index (κ2) is 10.8. The van der Waals surface area contributed by atoms with Crippen LogP contribution in [-0.2, 0) is 0 Å². The van der Waals surface area contributed by atoms with Crippen molar-refractivity contribution in [1.29, 1.82) is 0 Å². The van der Waals surface area contributed by atoms with Gasteiger partial charge in [0.2, 0.25) is 0 Å². The van der Waals surface area contributed by atoms with E-state index in [0.29, 0.717) is 22.5 Å². The van der Waals surface area contributed by atoms with Gasteiger partial charge in [0, 0.05) is 25.7 Å².